The van der Waals surface area contributed by atoms with Crippen molar-refractivity contribution in [2.75, 3.05) is 10.6 Å². The number of rotatable bonds is 3. The number of thiocarbonyl (C=S) groups is 1. The minimum absolute atomic E-state index is 0.184. The average Bonchev–Trinajstić information content (AvgIpc) is 2.41. The summed E-state index contributed by atoms with van der Waals surface area (Å²) in [6, 6.07) is 13.7. The number of hydrogen-bond donors (Lipinski definition) is 3. The molecule has 4 N–H and O–H groups in total. The second-order valence-corrected chi connectivity index (χ2v) is 4.90. The lowest BCUT2D eigenvalue weighted by atomic mass is 10.2. The molecule has 2 aromatic rings. The third-order valence-electron chi connectivity index (χ3n) is 2.52. The quantitative estimate of drug-likeness (QED) is 0.762. The summed E-state index contributed by atoms with van der Waals surface area (Å²) in [4.78, 5) is 12.0. The first-order valence-electron chi connectivity index (χ1n) is 5.78. The number of amides is 1. The second kappa shape index (κ2) is 6.36. The number of benzene rings is 2. The first-order chi connectivity index (χ1) is 9.54. The van der Waals surface area contributed by atoms with Gasteiger partial charge in [0.15, 0.2) is 5.11 Å². The lowest BCUT2D eigenvalue weighted by Gasteiger charge is -2.07. The Kier molecular flexibility index (Phi) is 4.55. The number of nitrogens with one attached hydrogen (secondary N) is 2. The standard InChI is InChI=1S/C14H12ClN3OS/c15-10-3-7-11(8-4-10)17-13(19)9-1-5-12(6-2-9)18-14(16)20/h1-8H,(H,17,19)(H3,16,18,20). The molecule has 0 spiro atoms. The Bertz CT molecular complexity index is 626. The number of carbonyl (C=O) groups is 1. The zero-order valence-corrected chi connectivity index (χ0v) is 12.0. The van der Waals surface area contributed by atoms with E-state index in [0.717, 1.165) is 5.69 Å². The van der Waals surface area contributed by atoms with Gasteiger partial charge in [-0.15, -0.1) is 0 Å². The highest BCUT2D eigenvalue weighted by molar-refractivity contribution is 7.80. The van der Waals surface area contributed by atoms with Crippen molar-refractivity contribution in [3.05, 3.63) is 59.1 Å². The van der Waals surface area contributed by atoms with Gasteiger partial charge in [0, 0.05) is 22.0 Å². The van der Waals surface area contributed by atoms with Gasteiger partial charge in [-0.1, -0.05) is 11.6 Å². The van der Waals surface area contributed by atoms with Gasteiger partial charge in [-0.2, -0.15) is 0 Å². The molecule has 1 amide bonds. The van der Waals surface area contributed by atoms with Crippen molar-refractivity contribution >= 4 is 46.2 Å². The van der Waals surface area contributed by atoms with Crippen LogP contribution in [0.15, 0.2) is 48.5 Å². The van der Waals surface area contributed by atoms with Crippen molar-refractivity contribution in [2.45, 2.75) is 0 Å². The van der Waals surface area contributed by atoms with Crippen molar-refractivity contribution in [1.29, 1.82) is 0 Å². The molecule has 6 heteroatoms. The van der Waals surface area contributed by atoms with Crippen LogP contribution < -0.4 is 16.4 Å². The van der Waals surface area contributed by atoms with Crippen LogP contribution in [0.1, 0.15) is 10.4 Å². The monoisotopic (exact) mass is 305 g/mol. The van der Waals surface area contributed by atoms with Crippen LogP contribution in [0.25, 0.3) is 0 Å². The molecule has 102 valence electrons. The average molecular weight is 306 g/mol. The van der Waals surface area contributed by atoms with E-state index in [1.54, 1.807) is 48.5 Å². The van der Waals surface area contributed by atoms with Crippen LogP contribution in [0, 0.1) is 0 Å². The van der Waals surface area contributed by atoms with Gasteiger partial charge in [0.2, 0.25) is 0 Å². The molecule has 0 bridgehead atoms. The molecule has 4 nitrogen and oxygen atoms in total. The molecule has 0 atom stereocenters. The summed E-state index contributed by atoms with van der Waals surface area (Å²) in [6.07, 6.45) is 0. The molecule has 0 aromatic heterocycles. The van der Waals surface area contributed by atoms with Crippen LogP contribution in [-0.4, -0.2) is 11.0 Å². The van der Waals surface area contributed by atoms with Crippen molar-refractivity contribution in [1.82, 2.24) is 0 Å². The zero-order chi connectivity index (χ0) is 14.5. The van der Waals surface area contributed by atoms with E-state index in [1.165, 1.54) is 0 Å². The molecule has 0 aliphatic carbocycles. The fraction of sp³-hybridized carbons (Fsp3) is 0. The molecule has 0 fully saturated rings. The maximum Gasteiger partial charge on any atom is 0.255 e. The van der Waals surface area contributed by atoms with Crippen LogP contribution in [-0.2, 0) is 0 Å². The first kappa shape index (κ1) is 14.3. The first-order valence-corrected chi connectivity index (χ1v) is 6.56. The highest BCUT2D eigenvalue weighted by Gasteiger charge is 2.06. The van der Waals surface area contributed by atoms with Gasteiger partial charge in [0.25, 0.3) is 5.91 Å². The molecule has 0 aliphatic heterocycles. The van der Waals surface area contributed by atoms with E-state index >= 15 is 0 Å². The minimum atomic E-state index is -0.200. The van der Waals surface area contributed by atoms with E-state index in [-0.39, 0.29) is 11.0 Å². The Morgan fingerprint density at radius 2 is 1.45 bits per heavy atom. The fourth-order valence-corrected chi connectivity index (χ4v) is 1.83. The summed E-state index contributed by atoms with van der Waals surface area (Å²) >= 11 is 10.5. The molecule has 2 rings (SSSR count). The van der Waals surface area contributed by atoms with Crippen molar-refractivity contribution in [2.24, 2.45) is 5.73 Å². The molecule has 0 radical (unpaired) electrons. The molecule has 0 aliphatic rings. The Hall–Kier alpha value is -2.11. The van der Waals surface area contributed by atoms with Gasteiger partial charge in [-0.05, 0) is 60.7 Å². The van der Waals surface area contributed by atoms with Crippen LogP contribution in [0.4, 0.5) is 11.4 Å². The number of carbonyl (C=O) groups excluding carboxylic acids is 1. The zero-order valence-electron chi connectivity index (χ0n) is 10.4. The highest BCUT2D eigenvalue weighted by atomic mass is 35.5. The van der Waals surface area contributed by atoms with E-state index in [4.69, 9.17) is 29.6 Å². The lowest BCUT2D eigenvalue weighted by molar-refractivity contribution is 0.102. The van der Waals surface area contributed by atoms with Crippen molar-refractivity contribution in [3.8, 4) is 0 Å². The second-order valence-electron chi connectivity index (χ2n) is 4.03. The van der Waals surface area contributed by atoms with Crippen molar-refractivity contribution < 1.29 is 4.79 Å². The van der Waals surface area contributed by atoms with Gasteiger partial charge in [-0.25, -0.2) is 0 Å². The normalized spacial score (nSPS) is 9.85. The number of nitrogens with two attached hydrogens (primary N) is 1. The summed E-state index contributed by atoms with van der Waals surface area (Å²) in [7, 11) is 0. The van der Waals surface area contributed by atoms with E-state index in [9.17, 15) is 4.79 Å². The van der Waals surface area contributed by atoms with Gasteiger partial charge in [0.1, 0.15) is 0 Å². The fourth-order valence-electron chi connectivity index (χ4n) is 1.58. The summed E-state index contributed by atoms with van der Waals surface area (Å²) in [6.45, 7) is 0. The molecule has 0 heterocycles. The molecule has 2 aromatic carbocycles. The molecular weight excluding hydrogens is 294 g/mol. The lowest BCUT2D eigenvalue weighted by Crippen LogP contribution is -2.19. The van der Waals surface area contributed by atoms with Gasteiger partial charge < -0.3 is 16.4 Å². The maximum absolute atomic E-state index is 12.0. The summed E-state index contributed by atoms with van der Waals surface area (Å²) in [5.74, 6) is -0.200. The van der Waals surface area contributed by atoms with Crippen LogP contribution in [0.5, 0.6) is 0 Å². The molecular formula is C14H12ClN3OS. The largest absolute Gasteiger partial charge is 0.376 e. The van der Waals surface area contributed by atoms with Crippen LogP contribution >= 0.6 is 23.8 Å². The molecule has 0 saturated heterocycles. The molecule has 20 heavy (non-hydrogen) atoms. The predicted octanol–water partition coefficient (Wildman–Crippen LogP) is 3.25. The third-order valence-corrected chi connectivity index (χ3v) is 2.87. The molecule has 0 saturated carbocycles. The summed E-state index contributed by atoms with van der Waals surface area (Å²) in [5, 5.41) is 6.37. The van der Waals surface area contributed by atoms with E-state index in [0.29, 0.717) is 16.3 Å². The smallest absolute Gasteiger partial charge is 0.255 e. The van der Waals surface area contributed by atoms with Gasteiger partial charge in [0.05, 0.1) is 0 Å². The van der Waals surface area contributed by atoms with Crippen LogP contribution in [0.2, 0.25) is 5.02 Å². The Labute approximate surface area is 126 Å². The van der Waals surface area contributed by atoms with Crippen molar-refractivity contribution in [3.63, 3.8) is 0 Å². The third kappa shape index (κ3) is 3.94. The number of anilines is 2. The summed E-state index contributed by atoms with van der Waals surface area (Å²) < 4.78 is 0. The van der Waals surface area contributed by atoms with E-state index in [1.807, 2.05) is 0 Å². The van der Waals surface area contributed by atoms with Crippen LogP contribution in [0.3, 0.4) is 0 Å². The summed E-state index contributed by atoms with van der Waals surface area (Å²) in [5.41, 5.74) is 7.32. The Morgan fingerprint density at radius 3 is 2.00 bits per heavy atom. The topological polar surface area (TPSA) is 67.1 Å². The predicted molar refractivity (Wildman–Crippen MR) is 86.3 cm³/mol. The van der Waals surface area contributed by atoms with E-state index in [2.05, 4.69) is 10.6 Å². The Morgan fingerprint density at radius 1 is 0.950 bits per heavy atom. The van der Waals surface area contributed by atoms with Gasteiger partial charge >= 0.3 is 0 Å². The maximum atomic E-state index is 12.0. The molecule has 0 unspecified atom stereocenters. The number of hydrogen-bond acceptors (Lipinski definition) is 2. The highest BCUT2D eigenvalue weighted by Crippen LogP contribution is 2.15. The SMILES string of the molecule is NC(=S)Nc1ccc(C(=O)Nc2ccc(Cl)cc2)cc1. The Balaban J connectivity index is 2.05. The number of halogens is 1. The minimum Gasteiger partial charge on any atom is -0.376 e. The van der Waals surface area contributed by atoms with Gasteiger partial charge in [-0.3, -0.25) is 4.79 Å². The van der Waals surface area contributed by atoms with E-state index < -0.39 is 0 Å².